The molecule has 0 saturated heterocycles. The second-order valence-corrected chi connectivity index (χ2v) is 6.47. The van der Waals surface area contributed by atoms with Gasteiger partial charge in [0.2, 0.25) is 0 Å². The zero-order valence-corrected chi connectivity index (χ0v) is 10.6. The van der Waals surface area contributed by atoms with Crippen LogP contribution in [0, 0.1) is 0 Å². The van der Waals surface area contributed by atoms with Gasteiger partial charge in [-0.25, -0.2) is 0 Å². The molecule has 1 rings (SSSR count). The van der Waals surface area contributed by atoms with Crippen LogP contribution in [-0.2, 0) is 0 Å². The van der Waals surface area contributed by atoms with E-state index in [1.807, 2.05) is 0 Å². The molecule has 11 heavy (non-hydrogen) atoms. The Morgan fingerprint density at radius 1 is 0.909 bits per heavy atom. The van der Waals surface area contributed by atoms with Gasteiger partial charge >= 0.3 is 0 Å². The minimum atomic E-state index is 0.809. The summed E-state index contributed by atoms with van der Waals surface area (Å²) in [6, 6.07) is 0. The van der Waals surface area contributed by atoms with Crippen LogP contribution in [0.5, 0.6) is 0 Å². The van der Waals surface area contributed by atoms with Gasteiger partial charge in [0.25, 0.3) is 0 Å². The summed E-state index contributed by atoms with van der Waals surface area (Å²) in [6.45, 7) is 0. The van der Waals surface area contributed by atoms with E-state index >= 15 is 0 Å². The van der Waals surface area contributed by atoms with Crippen molar-refractivity contribution in [1.29, 1.82) is 0 Å². The van der Waals surface area contributed by atoms with Gasteiger partial charge in [0.1, 0.15) is 0 Å². The summed E-state index contributed by atoms with van der Waals surface area (Å²) in [5.74, 6) is 0. The second-order valence-electron chi connectivity index (χ2n) is 3.41. The van der Waals surface area contributed by atoms with E-state index < -0.39 is 0 Å². The second kappa shape index (κ2) is 5.79. The fourth-order valence-electron chi connectivity index (χ4n) is 1.58. The fourth-order valence-corrected chi connectivity index (χ4v) is 3.11. The Hall–Kier alpha value is 1.21. The summed E-state index contributed by atoms with van der Waals surface area (Å²) in [7, 11) is 0. The van der Waals surface area contributed by atoms with E-state index in [4.69, 9.17) is 0 Å². The van der Waals surface area contributed by atoms with Crippen molar-refractivity contribution < 1.29 is 0 Å². The normalized spacial score (nSPS) is 35.5. The standard InChI is InChI=1S/C9H16BrI/c10-8-4-1-2-6-9(11)7-3-5-8/h8-9H,1-7H2. The first-order chi connectivity index (χ1) is 5.29. The molecule has 1 aliphatic carbocycles. The van der Waals surface area contributed by atoms with Crippen LogP contribution in [0.25, 0.3) is 0 Å². The van der Waals surface area contributed by atoms with Gasteiger partial charge in [0.05, 0.1) is 0 Å². The molecule has 0 aromatic heterocycles. The van der Waals surface area contributed by atoms with Gasteiger partial charge in [-0.3, -0.25) is 0 Å². The monoisotopic (exact) mass is 330 g/mol. The molecule has 0 bridgehead atoms. The van der Waals surface area contributed by atoms with Crippen molar-refractivity contribution in [2.75, 3.05) is 0 Å². The first-order valence-corrected chi connectivity index (χ1v) is 6.73. The zero-order chi connectivity index (χ0) is 8.10. The molecule has 0 radical (unpaired) electrons. The minimum Gasteiger partial charge on any atom is -0.0891 e. The van der Waals surface area contributed by atoms with Crippen LogP contribution in [0.2, 0.25) is 0 Å². The Morgan fingerprint density at radius 3 is 2.27 bits per heavy atom. The van der Waals surface area contributed by atoms with Crippen molar-refractivity contribution in [1.82, 2.24) is 0 Å². The Labute approximate surface area is 91.8 Å². The third-order valence-electron chi connectivity index (χ3n) is 2.32. The number of halogens is 2. The lowest BCUT2D eigenvalue weighted by molar-refractivity contribution is 0.645. The highest BCUT2D eigenvalue weighted by Gasteiger charge is 2.10. The van der Waals surface area contributed by atoms with Crippen LogP contribution in [0.3, 0.4) is 0 Å². The van der Waals surface area contributed by atoms with Crippen molar-refractivity contribution in [3.05, 3.63) is 0 Å². The molecular weight excluding hydrogens is 315 g/mol. The molecule has 0 spiro atoms. The van der Waals surface area contributed by atoms with Crippen LogP contribution in [0.1, 0.15) is 44.9 Å². The van der Waals surface area contributed by atoms with E-state index in [2.05, 4.69) is 38.5 Å². The van der Waals surface area contributed by atoms with Crippen LogP contribution >= 0.6 is 38.5 Å². The van der Waals surface area contributed by atoms with Gasteiger partial charge < -0.3 is 0 Å². The topological polar surface area (TPSA) is 0 Å². The third kappa shape index (κ3) is 4.71. The number of alkyl halides is 2. The smallest absolute Gasteiger partial charge is 0.0145 e. The fraction of sp³-hybridized carbons (Fsp3) is 1.00. The molecule has 1 saturated carbocycles. The Balaban J connectivity index is 2.24. The van der Waals surface area contributed by atoms with Gasteiger partial charge in [0, 0.05) is 8.75 Å². The van der Waals surface area contributed by atoms with Crippen LogP contribution < -0.4 is 0 Å². The van der Waals surface area contributed by atoms with Crippen molar-refractivity contribution in [2.24, 2.45) is 0 Å². The van der Waals surface area contributed by atoms with E-state index in [-0.39, 0.29) is 0 Å². The lowest BCUT2D eigenvalue weighted by atomic mass is 10.1. The maximum absolute atomic E-state index is 3.73. The average Bonchev–Trinajstić information content (AvgIpc) is 2.04. The molecule has 0 aromatic rings. The van der Waals surface area contributed by atoms with Crippen molar-refractivity contribution >= 4 is 38.5 Å². The molecule has 66 valence electrons. The Bertz CT molecular complexity index is 93.7. The first-order valence-electron chi connectivity index (χ1n) is 4.57. The van der Waals surface area contributed by atoms with Gasteiger partial charge in [-0.05, 0) is 25.7 Å². The Kier molecular flexibility index (Phi) is 5.41. The maximum Gasteiger partial charge on any atom is 0.0145 e. The average molecular weight is 331 g/mol. The lowest BCUT2D eigenvalue weighted by Gasteiger charge is -2.06. The van der Waals surface area contributed by atoms with E-state index in [0.29, 0.717) is 0 Å². The molecular formula is C9H16BrI. The van der Waals surface area contributed by atoms with Gasteiger partial charge in [-0.1, -0.05) is 57.8 Å². The minimum absolute atomic E-state index is 0.809. The zero-order valence-electron chi connectivity index (χ0n) is 6.86. The molecule has 2 unspecified atom stereocenters. The molecule has 1 aliphatic rings. The summed E-state index contributed by atoms with van der Waals surface area (Å²) in [5.41, 5.74) is 0. The highest BCUT2D eigenvalue weighted by Crippen LogP contribution is 2.25. The van der Waals surface area contributed by atoms with Gasteiger partial charge in [0.15, 0.2) is 0 Å². The molecule has 0 nitrogen and oxygen atoms in total. The van der Waals surface area contributed by atoms with Crippen molar-refractivity contribution in [3.8, 4) is 0 Å². The lowest BCUT2D eigenvalue weighted by Crippen LogP contribution is -1.97. The quantitative estimate of drug-likeness (QED) is 0.459. The maximum atomic E-state index is 3.73. The number of hydrogen-bond acceptors (Lipinski definition) is 0. The first kappa shape index (κ1) is 10.3. The van der Waals surface area contributed by atoms with Crippen LogP contribution in [0.15, 0.2) is 0 Å². The van der Waals surface area contributed by atoms with E-state index in [0.717, 1.165) is 8.75 Å². The third-order valence-corrected chi connectivity index (χ3v) is 4.48. The molecule has 0 amide bonds. The summed E-state index contributed by atoms with van der Waals surface area (Å²) >= 11 is 6.33. The van der Waals surface area contributed by atoms with Gasteiger partial charge in [-0.15, -0.1) is 0 Å². The van der Waals surface area contributed by atoms with E-state index in [9.17, 15) is 0 Å². The highest BCUT2D eigenvalue weighted by atomic mass is 127. The van der Waals surface area contributed by atoms with Crippen molar-refractivity contribution in [3.63, 3.8) is 0 Å². The molecule has 0 heterocycles. The predicted octanol–water partition coefficient (Wildman–Crippen LogP) is 4.30. The van der Waals surface area contributed by atoms with Crippen molar-refractivity contribution in [2.45, 2.75) is 53.7 Å². The predicted molar refractivity (Wildman–Crippen MR) is 62.8 cm³/mol. The molecule has 0 aliphatic heterocycles. The highest BCUT2D eigenvalue weighted by molar-refractivity contribution is 14.1. The molecule has 2 atom stereocenters. The number of rotatable bonds is 0. The van der Waals surface area contributed by atoms with E-state index in [1.165, 1.54) is 44.9 Å². The summed E-state index contributed by atoms with van der Waals surface area (Å²) < 4.78 is 0.949. The molecule has 0 aromatic carbocycles. The Morgan fingerprint density at radius 2 is 1.45 bits per heavy atom. The molecule has 0 N–H and O–H groups in total. The summed E-state index contributed by atoms with van der Waals surface area (Å²) in [4.78, 5) is 0.809. The largest absolute Gasteiger partial charge is 0.0891 e. The van der Waals surface area contributed by atoms with E-state index in [1.54, 1.807) is 0 Å². The molecule has 2 heteroatoms. The number of hydrogen-bond donors (Lipinski definition) is 0. The SMILES string of the molecule is BrC1CCCCC(I)CCC1. The molecule has 1 fully saturated rings. The summed E-state index contributed by atoms with van der Waals surface area (Å²) in [6.07, 6.45) is 9.94. The van der Waals surface area contributed by atoms with Crippen LogP contribution in [-0.4, -0.2) is 8.75 Å². The summed E-state index contributed by atoms with van der Waals surface area (Å²) in [5, 5.41) is 0. The van der Waals surface area contributed by atoms with Gasteiger partial charge in [-0.2, -0.15) is 0 Å². The van der Waals surface area contributed by atoms with Crippen LogP contribution in [0.4, 0.5) is 0 Å².